The maximum Gasteiger partial charge on any atom is 0.255 e. The molecule has 5 heteroatoms. The van der Waals surface area contributed by atoms with E-state index in [4.69, 9.17) is 4.74 Å². The number of anilines is 1. The van der Waals surface area contributed by atoms with Crippen LogP contribution < -0.4 is 15.4 Å². The smallest absolute Gasteiger partial charge is 0.255 e. The molecule has 1 amide bonds. The zero-order valence-electron chi connectivity index (χ0n) is 13.1. The summed E-state index contributed by atoms with van der Waals surface area (Å²) in [6.45, 7) is 7.20. The summed E-state index contributed by atoms with van der Waals surface area (Å²) in [5.74, 6) is 0.588. The molecule has 0 aromatic heterocycles. The molecule has 116 valence electrons. The molecular formula is C16H25N3O2. The average Bonchev–Trinajstić information content (AvgIpc) is 2.53. The Bertz CT molecular complexity index is 490. The fraction of sp³-hybridized carbons (Fsp3) is 0.562. The minimum atomic E-state index is -0.0758. The molecule has 0 fully saturated rings. The highest BCUT2D eigenvalue weighted by Crippen LogP contribution is 2.30. The lowest BCUT2D eigenvalue weighted by atomic mass is 10.1. The molecule has 5 nitrogen and oxygen atoms in total. The lowest BCUT2D eigenvalue weighted by Gasteiger charge is -2.24. The summed E-state index contributed by atoms with van der Waals surface area (Å²) in [5.41, 5.74) is 1.50. The third-order valence-electron chi connectivity index (χ3n) is 4.02. The van der Waals surface area contributed by atoms with E-state index >= 15 is 0 Å². The van der Waals surface area contributed by atoms with Crippen LogP contribution in [0.4, 0.5) is 5.69 Å². The van der Waals surface area contributed by atoms with Gasteiger partial charge in [-0.25, -0.2) is 0 Å². The number of amides is 1. The van der Waals surface area contributed by atoms with Gasteiger partial charge in [0.15, 0.2) is 5.75 Å². The van der Waals surface area contributed by atoms with E-state index in [9.17, 15) is 4.79 Å². The SMILES string of the molecule is CCC(C)N(C)CCNC(=O)c1cccc2c1OCCN2. The minimum Gasteiger partial charge on any atom is -0.489 e. The molecule has 0 bridgehead atoms. The Hall–Kier alpha value is -1.75. The van der Waals surface area contributed by atoms with E-state index in [1.54, 1.807) is 6.07 Å². The molecular weight excluding hydrogens is 266 g/mol. The Morgan fingerprint density at radius 2 is 2.33 bits per heavy atom. The first-order valence-electron chi connectivity index (χ1n) is 7.61. The first-order valence-corrected chi connectivity index (χ1v) is 7.61. The molecule has 1 aromatic carbocycles. The molecule has 1 aliphatic rings. The number of fused-ring (bicyclic) bond motifs is 1. The Morgan fingerprint density at radius 3 is 3.10 bits per heavy atom. The summed E-state index contributed by atoms with van der Waals surface area (Å²) in [6.07, 6.45) is 1.11. The van der Waals surface area contributed by atoms with Crippen molar-refractivity contribution in [2.45, 2.75) is 26.3 Å². The number of hydrogen-bond acceptors (Lipinski definition) is 4. The number of carbonyl (C=O) groups excluding carboxylic acids is 1. The van der Waals surface area contributed by atoms with Crippen molar-refractivity contribution in [2.75, 3.05) is 38.6 Å². The number of nitrogens with one attached hydrogen (secondary N) is 2. The van der Waals surface area contributed by atoms with Gasteiger partial charge in [-0.1, -0.05) is 13.0 Å². The van der Waals surface area contributed by atoms with E-state index in [-0.39, 0.29) is 5.91 Å². The van der Waals surface area contributed by atoms with Gasteiger partial charge in [0.25, 0.3) is 5.91 Å². The molecule has 2 N–H and O–H groups in total. The molecule has 1 unspecified atom stereocenters. The maximum atomic E-state index is 12.3. The normalized spacial score (nSPS) is 14.9. The molecule has 1 aliphatic heterocycles. The van der Waals surface area contributed by atoms with E-state index in [2.05, 4.69) is 36.4 Å². The van der Waals surface area contributed by atoms with Crippen molar-refractivity contribution >= 4 is 11.6 Å². The van der Waals surface area contributed by atoms with Gasteiger partial charge in [0, 0.05) is 25.7 Å². The zero-order chi connectivity index (χ0) is 15.2. The topological polar surface area (TPSA) is 53.6 Å². The highest BCUT2D eigenvalue weighted by molar-refractivity contribution is 5.98. The summed E-state index contributed by atoms with van der Waals surface area (Å²) >= 11 is 0. The largest absolute Gasteiger partial charge is 0.489 e. The predicted octanol–water partition coefficient (Wildman–Crippen LogP) is 1.95. The Morgan fingerprint density at radius 1 is 1.52 bits per heavy atom. The van der Waals surface area contributed by atoms with Crippen molar-refractivity contribution in [3.05, 3.63) is 23.8 Å². The number of ether oxygens (including phenoxy) is 1. The van der Waals surface area contributed by atoms with Crippen molar-refractivity contribution in [3.63, 3.8) is 0 Å². The lowest BCUT2D eigenvalue weighted by Crippen LogP contribution is -2.37. The fourth-order valence-corrected chi connectivity index (χ4v) is 2.32. The Labute approximate surface area is 126 Å². The number of rotatable bonds is 6. The zero-order valence-corrected chi connectivity index (χ0v) is 13.1. The van der Waals surface area contributed by atoms with Gasteiger partial charge in [0.2, 0.25) is 0 Å². The maximum absolute atomic E-state index is 12.3. The summed E-state index contributed by atoms with van der Waals surface area (Å²) in [4.78, 5) is 14.5. The number of carbonyl (C=O) groups is 1. The first-order chi connectivity index (χ1) is 10.1. The standard InChI is InChI=1S/C16H25N3O2/c1-4-12(2)19(3)10-8-18-16(20)13-6-5-7-14-15(13)21-11-9-17-14/h5-7,12,17H,4,8-11H2,1-3H3,(H,18,20). The highest BCUT2D eigenvalue weighted by Gasteiger charge is 2.18. The van der Waals surface area contributed by atoms with Crippen molar-refractivity contribution in [1.29, 1.82) is 0 Å². The van der Waals surface area contributed by atoms with Gasteiger partial charge in [0.05, 0.1) is 11.3 Å². The van der Waals surface area contributed by atoms with Crippen LogP contribution in [-0.4, -0.2) is 50.1 Å². The molecule has 1 aromatic rings. The molecule has 1 heterocycles. The number of likely N-dealkylation sites (N-methyl/N-ethyl adjacent to an activating group) is 1. The van der Waals surface area contributed by atoms with Crippen molar-refractivity contribution in [3.8, 4) is 5.75 Å². The van der Waals surface area contributed by atoms with E-state index in [1.807, 2.05) is 12.1 Å². The van der Waals surface area contributed by atoms with Gasteiger partial charge in [-0.05, 0) is 32.5 Å². The third-order valence-corrected chi connectivity index (χ3v) is 4.02. The van der Waals surface area contributed by atoms with Crippen molar-refractivity contribution in [2.24, 2.45) is 0 Å². The number of benzene rings is 1. The van der Waals surface area contributed by atoms with E-state index in [1.165, 1.54) is 0 Å². The van der Waals surface area contributed by atoms with Gasteiger partial charge in [-0.2, -0.15) is 0 Å². The van der Waals surface area contributed by atoms with E-state index in [0.717, 1.165) is 25.2 Å². The van der Waals surface area contributed by atoms with Crippen molar-refractivity contribution in [1.82, 2.24) is 10.2 Å². The van der Waals surface area contributed by atoms with Crippen LogP contribution in [0.5, 0.6) is 5.75 Å². The van der Waals surface area contributed by atoms with E-state index in [0.29, 0.717) is 30.5 Å². The van der Waals surface area contributed by atoms with Crippen LogP contribution in [0.2, 0.25) is 0 Å². The molecule has 0 radical (unpaired) electrons. The molecule has 2 rings (SSSR count). The van der Waals surface area contributed by atoms with Gasteiger partial charge >= 0.3 is 0 Å². The van der Waals surface area contributed by atoms with Gasteiger partial charge < -0.3 is 20.3 Å². The lowest BCUT2D eigenvalue weighted by molar-refractivity contribution is 0.0943. The third kappa shape index (κ3) is 3.88. The second-order valence-electron chi connectivity index (χ2n) is 5.45. The number of para-hydroxylation sites is 1. The van der Waals surface area contributed by atoms with Crippen LogP contribution >= 0.6 is 0 Å². The first kappa shape index (κ1) is 15.6. The molecule has 21 heavy (non-hydrogen) atoms. The van der Waals surface area contributed by atoms with Crippen LogP contribution in [-0.2, 0) is 0 Å². The van der Waals surface area contributed by atoms with Crippen LogP contribution in [0.3, 0.4) is 0 Å². The minimum absolute atomic E-state index is 0.0758. The fourth-order valence-electron chi connectivity index (χ4n) is 2.32. The molecule has 1 atom stereocenters. The highest BCUT2D eigenvalue weighted by atomic mass is 16.5. The number of hydrogen-bond donors (Lipinski definition) is 2. The quantitative estimate of drug-likeness (QED) is 0.841. The van der Waals surface area contributed by atoms with Crippen molar-refractivity contribution < 1.29 is 9.53 Å². The molecule has 0 aliphatic carbocycles. The van der Waals surface area contributed by atoms with Gasteiger partial charge in [-0.15, -0.1) is 0 Å². The second-order valence-corrected chi connectivity index (χ2v) is 5.45. The van der Waals surface area contributed by atoms with E-state index < -0.39 is 0 Å². The molecule has 0 saturated heterocycles. The summed E-state index contributed by atoms with van der Waals surface area (Å²) in [7, 11) is 2.08. The van der Waals surface area contributed by atoms with Crippen LogP contribution in [0.15, 0.2) is 18.2 Å². The average molecular weight is 291 g/mol. The number of nitrogens with zero attached hydrogens (tertiary/aromatic N) is 1. The summed E-state index contributed by atoms with van der Waals surface area (Å²) in [6, 6.07) is 6.14. The van der Waals surface area contributed by atoms with Crippen LogP contribution in [0, 0.1) is 0 Å². The van der Waals surface area contributed by atoms with Crippen LogP contribution in [0.1, 0.15) is 30.6 Å². The van der Waals surface area contributed by atoms with Crippen LogP contribution in [0.25, 0.3) is 0 Å². The Balaban J connectivity index is 1.92. The summed E-state index contributed by atoms with van der Waals surface area (Å²) < 4.78 is 5.63. The Kier molecular flexibility index (Phi) is 5.44. The van der Waals surface area contributed by atoms with Gasteiger partial charge in [-0.3, -0.25) is 4.79 Å². The molecule has 0 saturated carbocycles. The predicted molar refractivity (Wildman–Crippen MR) is 85.1 cm³/mol. The summed E-state index contributed by atoms with van der Waals surface area (Å²) in [5, 5.41) is 6.21. The monoisotopic (exact) mass is 291 g/mol. The molecule has 0 spiro atoms. The second kappa shape index (κ2) is 7.31. The van der Waals surface area contributed by atoms with Gasteiger partial charge in [0.1, 0.15) is 6.61 Å².